The second-order valence-corrected chi connectivity index (χ2v) is 5.65. The highest BCUT2D eigenvalue weighted by Gasteiger charge is 2.24. The maximum Gasteiger partial charge on any atom is 0.409 e. The Balaban J connectivity index is 1.57. The molecule has 1 saturated heterocycles. The SMILES string of the molecule is CCOC(=O)N1CCN(C(=O)Nc2cccc(-c3cnc[nH]3)c2)CC1. The van der Waals surface area contributed by atoms with Crippen molar-refractivity contribution in [2.75, 3.05) is 38.1 Å². The molecule has 0 bridgehead atoms. The Morgan fingerprint density at radius 2 is 2.00 bits per heavy atom. The van der Waals surface area contributed by atoms with Gasteiger partial charge in [0.05, 0.1) is 24.8 Å². The first-order valence-corrected chi connectivity index (χ1v) is 8.24. The van der Waals surface area contributed by atoms with E-state index in [1.54, 1.807) is 29.2 Å². The quantitative estimate of drug-likeness (QED) is 0.895. The molecule has 8 nitrogen and oxygen atoms in total. The summed E-state index contributed by atoms with van der Waals surface area (Å²) in [6, 6.07) is 7.38. The number of aromatic nitrogens is 2. The Kier molecular flexibility index (Phi) is 5.17. The van der Waals surface area contributed by atoms with Gasteiger partial charge in [-0.1, -0.05) is 12.1 Å². The van der Waals surface area contributed by atoms with Crippen molar-refractivity contribution in [3.63, 3.8) is 0 Å². The number of aromatic amines is 1. The molecule has 1 aromatic carbocycles. The summed E-state index contributed by atoms with van der Waals surface area (Å²) in [6.45, 7) is 4.03. The second kappa shape index (κ2) is 7.69. The van der Waals surface area contributed by atoms with Gasteiger partial charge in [0.2, 0.25) is 0 Å². The van der Waals surface area contributed by atoms with Crippen molar-refractivity contribution in [2.45, 2.75) is 6.92 Å². The highest BCUT2D eigenvalue weighted by atomic mass is 16.6. The summed E-state index contributed by atoms with van der Waals surface area (Å²) >= 11 is 0. The number of nitrogens with one attached hydrogen (secondary N) is 2. The lowest BCUT2D eigenvalue weighted by atomic mass is 10.1. The summed E-state index contributed by atoms with van der Waals surface area (Å²) in [4.78, 5) is 34.5. The van der Waals surface area contributed by atoms with Crippen LogP contribution in [0.25, 0.3) is 11.3 Å². The van der Waals surface area contributed by atoms with Crippen LogP contribution in [0.1, 0.15) is 6.92 Å². The molecule has 1 aliphatic heterocycles. The molecule has 0 aliphatic carbocycles. The van der Waals surface area contributed by atoms with Crippen LogP contribution in [0.2, 0.25) is 0 Å². The maximum atomic E-state index is 12.4. The molecule has 0 spiro atoms. The minimum absolute atomic E-state index is 0.176. The number of anilines is 1. The summed E-state index contributed by atoms with van der Waals surface area (Å²) in [5.41, 5.74) is 2.55. The van der Waals surface area contributed by atoms with Crippen molar-refractivity contribution in [1.82, 2.24) is 19.8 Å². The normalized spacial score (nSPS) is 14.3. The van der Waals surface area contributed by atoms with Gasteiger partial charge in [-0.15, -0.1) is 0 Å². The lowest BCUT2D eigenvalue weighted by molar-refractivity contribution is 0.0868. The highest BCUT2D eigenvalue weighted by molar-refractivity contribution is 5.90. The number of carbonyl (C=O) groups excluding carboxylic acids is 2. The summed E-state index contributed by atoms with van der Waals surface area (Å²) in [6.07, 6.45) is 3.02. The van der Waals surface area contributed by atoms with Crippen LogP contribution in [0.5, 0.6) is 0 Å². The number of hydrogen-bond acceptors (Lipinski definition) is 4. The molecular weight excluding hydrogens is 322 g/mol. The van der Waals surface area contributed by atoms with E-state index in [-0.39, 0.29) is 12.1 Å². The fraction of sp³-hybridized carbons (Fsp3) is 0.353. The Labute approximate surface area is 145 Å². The first-order valence-electron chi connectivity index (χ1n) is 8.24. The predicted octanol–water partition coefficient (Wildman–Crippen LogP) is 2.38. The zero-order valence-electron chi connectivity index (χ0n) is 14.1. The van der Waals surface area contributed by atoms with Gasteiger partial charge in [0, 0.05) is 37.4 Å². The summed E-state index contributed by atoms with van der Waals surface area (Å²) in [5, 5.41) is 2.90. The molecule has 1 aromatic heterocycles. The molecule has 0 radical (unpaired) electrons. The molecule has 1 fully saturated rings. The highest BCUT2D eigenvalue weighted by Crippen LogP contribution is 2.20. The van der Waals surface area contributed by atoms with E-state index in [2.05, 4.69) is 15.3 Å². The predicted molar refractivity (Wildman–Crippen MR) is 93.2 cm³/mol. The zero-order valence-corrected chi connectivity index (χ0v) is 14.1. The first kappa shape index (κ1) is 16.8. The number of H-pyrrole nitrogens is 1. The molecule has 8 heteroatoms. The fourth-order valence-electron chi connectivity index (χ4n) is 2.69. The van der Waals surface area contributed by atoms with Crippen molar-refractivity contribution < 1.29 is 14.3 Å². The largest absolute Gasteiger partial charge is 0.450 e. The summed E-state index contributed by atoms with van der Waals surface area (Å²) < 4.78 is 4.98. The number of rotatable bonds is 3. The monoisotopic (exact) mass is 343 g/mol. The second-order valence-electron chi connectivity index (χ2n) is 5.65. The van der Waals surface area contributed by atoms with Gasteiger partial charge in [-0.25, -0.2) is 14.6 Å². The molecule has 2 N–H and O–H groups in total. The van der Waals surface area contributed by atoms with Gasteiger partial charge in [0.1, 0.15) is 0 Å². The molecule has 0 atom stereocenters. The molecule has 1 aliphatic rings. The average molecular weight is 343 g/mol. The number of urea groups is 1. The Hall–Kier alpha value is -3.03. The average Bonchev–Trinajstić information content (AvgIpc) is 3.17. The number of ether oxygens (including phenoxy) is 1. The molecule has 3 amide bonds. The van der Waals surface area contributed by atoms with E-state index in [0.717, 1.165) is 11.3 Å². The van der Waals surface area contributed by atoms with Gasteiger partial charge < -0.3 is 24.8 Å². The van der Waals surface area contributed by atoms with Crippen LogP contribution < -0.4 is 5.32 Å². The van der Waals surface area contributed by atoms with Crippen molar-refractivity contribution in [3.8, 4) is 11.3 Å². The Morgan fingerprint density at radius 1 is 1.24 bits per heavy atom. The third-order valence-corrected chi connectivity index (χ3v) is 4.02. The van der Waals surface area contributed by atoms with Gasteiger partial charge in [0.25, 0.3) is 0 Å². The minimum Gasteiger partial charge on any atom is -0.450 e. The third-order valence-electron chi connectivity index (χ3n) is 4.02. The third kappa shape index (κ3) is 4.09. The van der Waals surface area contributed by atoms with Crippen LogP contribution in [-0.4, -0.2) is 64.7 Å². The van der Waals surface area contributed by atoms with Crippen LogP contribution in [-0.2, 0) is 4.74 Å². The van der Waals surface area contributed by atoms with Gasteiger partial charge >= 0.3 is 12.1 Å². The van der Waals surface area contributed by atoms with E-state index in [9.17, 15) is 9.59 Å². The fourth-order valence-corrected chi connectivity index (χ4v) is 2.69. The van der Waals surface area contributed by atoms with E-state index in [1.807, 2.05) is 24.3 Å². The van der Waals surface area contributed by atoms with Crippen LogP contribution in [0.4, 0.5) is 15.3 Å². The first-order chi connectivity index (χ1) is 12.2. The van der Waals surface area contributed by atoms with Gasteiger partial charge in [-0.3, -0.25) is 0 Å². The number of piperazine rings is 1. The van der Waals surface area contributed by atoms with Crippen LogP contribution in [0.15, 0.2) is 36.8 Å². The molecular formula is C17H21N5O3. The number of hydrogen-bond donors (Lipinski definition) is 2. The number of nitrogens with zero attached hydrogens (tertiary/aromatic N) is 3. The van der Waals surface area contributed by atoms with Crippen molar-refractivity contribution in [1.29, 1.82) is 0 Å². The zero-order chi connectivity index (χ0) is 17.6. The van der Waals surface area contributed by atoms with Crippen LogP contribution in [0.3, 0.4) is 0 Å². The number of benzene rings is 1. The van der Waals surface area contributed by atoms with E-state index >= 15 is 0 Å². The lowest BCUT2D eigenvalue weighted by Gasteiger charge is -2.34. The summed E-state index contributed by atoms with van der Waals surface area (Å²) in [5.74, 6) is 0. The van der Waals surface area contributed by atoms with Crippen molar-refractivity contribution >= 4 is 17.8 Å². The van der Waals surface area contributed by atoms with Crippen molar-refractivity contribution in [3.05, 3.63) is 36.8 Å². The van der Waals surface area contributed by atoms with Crippen LogP contribution in [0, 0.1) is 0 Å². The number of carbonyl (C=O) groups is 2. The Morgan fingerprint density at radius 3 is 2.68 bits per heavy atom. The smallest absolute Gasteiger partial charge is 0.409 e. The molecule has 25 heavy (non-hydrogen) atoms. The number of amides is 3. The number of imidazole rings is 1. The molecule has 132 valence electrons. The molecule has 0 unspecified atom stereocenters. The molecule has 3 rings (SSSR count). The van der Waals surface area contributed by atoms with Crippen LogP contribution >= 0.6 is 0 Å². The molecule has 2 aromatic rings. The maximum absolute atomic E-state index is 12.4. The topological polar surface area (TPSA) is 90.6 Å². The van der Waals surface area contributed by atoms with E-state index in [0.29, 0.717) is 38.5 Å². The van der Waals surface area contributed by atoms with Crippen molar-refractivity contribution in [2.24, 2.45) is 0 Å². The van der Waals surface area contributed by atoms with Gasteiger partial charge in [-0.05, 0) is 19.1 Å². The van der Waals surface area contributed by atoms with E-state index < -0.39 is 0 Å². The Bertz CT molecular complexity index is 724. The minimum atomic E-state index is -0.324. The molecule has 0 saturated carbocycles. The standard InChI is InChI=1S/C17H21N5O3/c1-2-25-17(24)22-8-6-21(7-9-22)16(23)20-14-5-3-4-13(10-14)15-11-18-12-19-15/h3-5,10-12H,2,6-9H2,1H3,(H,18,19)(H,20,23). The summed E-state index contributed by atoms with van der Waals surface area (Å²) in [7, 11) is 0. The van der Waals surface area contributed by atoms with E-state index in [4.69, 9.17) is 4.74 Å². The molecule has 2 heterocycles. The van der Waals surface area contributed by atoms with Gasteiger partial charge in [-0.2, -0.15) is 0 Å². The lowest BCUT2D eigenvalue weighted by Crippen LogP contribution is -2.51. The van der Waals surface area contributed by atoms with Gasteiger partial charge in [0.15, 0.2) is 0 Å². The van der Waals surface area contributed by atoms with E-state index in [1.165, 1.54) is 0 Å².